The minimum Gasteiger partial charge on any atom is -0.507 e. The summed E-state index contributed by atoms with van der Waals surface area (Å²) in [5, 5.41) is 11.3. The van der Waals surface area contributed by atoms with Gasteiger partial charge in [0.05, 0.1) is 38.0 Å². The monoisotopic (exact) mass is 467 g/mol. The summed E-state index contributed by atoms with van der Waals surface area (Å²) in [6.45, 7) is 8.86. The second kappa shape index (κ2) is 11.2. The highest BCUT2D eigenvalue weighted by Crippen LogP contribution is 2.42. The Balaban J connectivity index is 2.09. The van der Waals surface area contributed by atoms with Crippen LogP contribution >= 0.6 is 0 Å². The summed E-state index contributed by atoms with van der Waals surface area (Å²) in [5.74, 6) is -0.253. The Labute approximate surface area is 200 Å². The third-order valence-corrected chi connectivity index (χ3v) is 5.45. The number of carbonyl (C=O) groups is 2. The molecular formula is C27H33NO6. The van der Waals surface area contributed by atoms with E-state index in [2.05, 4.69) is 0 Å². The Morgan fingerprint density at radius 3 is 2.47 bits per heavy atom. The minimum atomic E-state index is -0.813. The van der Waals surface area contributed by atoms with Crippen LogP contribution < -0.4 is 9.47 Å². The molecule has 1 aliphatic rings. The van der Waals surface area contributed by atoms with Crippen LogP contribution in [0.1, 0.15) is 44.9 Å². The zero-order valence-corrected chi connectivity index (χ0v) is 20.4. The van der Waals surface area contributed by atoms with Crippen LogP contribution in [0.2, 0.25) is 0 Å². The van der Waals surface area contributed by atoms with Crippen LogP contribution in [-0.2, 0) is 14.3 Å². The van der Waals surface area contributed by atoms with Crippen LogP contribution in [0.4, 0.5) is 0 Å². The van der Waals surface area contributed by atoms with Gasteiger partial charge in [-0.3, -0.25) is 9.59 Å². The molecular weight excluding hydrogens is 434 g/mol. The Kier molecular flexibility index (Phi) is 8.34. The second-order valence-electron chi connectivity index (χ2n) is 8.89. The van der Waals surface area contributed by atoms with E-state index in [4.69, 9.17) is 14.2 Å². The van der Waals surface area contributed by atoms with Crippen molar-refractivity contribution in [1.82, 2.24) is 4.90 Å². The average Bonchev–Trinajstić information content (AvgIpc) is 3.07. The Morgan fingerprint density at radius 2 is 1.79 bits per heavy atom. The number of para-hydroxylation sites is 1. The third kappa shape index (κ3) is 5.59. The lowest BCUT2D eigenvalue weighted by atomic mass is 9.94. The van der Waals surface area contributed by atoms with E-state index >= 15 is 0 Å². The van der Waals surface area contributed by atoms with E-state index in [-0.39, 0.29) is 30.6 Å². The zero-order chi connectivity index (χ0) is 24.8. The summed E-state index contributed by atoms with van der Waals surface area (Å²) in [4.78, 5) is 27.7. The number of methoxy groups -OCH3 is 1. The maximum Gasteiger partial charge on any atom is 0.295 e. The van der Waals surface area contributed by atoms with Gasteiger partial charge in [0, 0.05) is 17.7 Å². The number of hydrogen-bond donors (Lipinski definition) is 1. The maximum atomic E-state index is 13.2. The minimum absolute atomic E-state index is 0.0139. The molecule has 0 radical (unpaired) electrons. The average molecular weight is 468 g/mol. The quantitative estimate of drug-likeness (QED) is 0.313. The van der Waals surface area contributed by atoms with Crippen LogP contribution in [-0.4, -0.2) is 54.7 Å². The number of ether oxygens (including phenoxy) is 3. The molecule has 1 heterocycles. The van der Waals surface area contributed by atoms with Crippen LogP contribution in [0.5, 0.6) is 11.5 Å². The first-order chi connectivity index (χ1) is 16.2. The van der Waals surface area contributed by atoms with Gasteiger partial charge >= 0.3 is 0 Å². The molecule has 182 valence electrons. The number of hydrogen-bond acceptors (Lipinski definition) is 6. The summed E-state index contributed by atoms with van der Waals surface area (Å²) in [5.41, 5.74) is 1.03. The van der Waals surface area contributed by atoms with Gasteiger partial charge in [-0.15, -0.1) is 0 Å². The standard InChI is InChI=1S/C27H33NO6/c1-17(2)16-34-20-10-8-9-19(15-20)25(29)23-24(21-11-6-7-12-22(21)32-5)28(27(31)26(23)30)13-14-33-18(3)4/h6-12,15,17-18,24,29H,13-14,16H2,1-5H3/b25-23-. The number of nitrogens with zero attached hydrogens (tertiary/aromatic N) is 1. The topological polar surface area (TPSA) is 85.3 Å². The maximum absolute atomic E-state index is 13.2. The van der Waals surface area contributed by atoms with Gasteiger partial charge in [0.2, 0.25) is 0 Å². The number of aliphatic hydroxyl groups excluding tert-OH is 1. The van der Waals surface area contributed by atoms with E-state index in [0.717, 1.165) is 0 Å². The first-order valence-corrected chi connectivity index (χ1v) is 11.5. The van der Waals surface area contributed by atoms with Crippen LogP contribution in [0.25, 0.3) is 5.76 Å². The normalized spacial score (nSPS) is 17.6. The molecule has 1 amide bonds. The highest BCUT2D eigenvalue weighted by molar-refractivity contribution is 6.46. The molecule has 0 spiro atoms. The van der Waals surface area contributed by atoms with Crippen molar-refractivity contribution >= 4 is 17.4 Å². The second-order valence-corrected chi connectivity index (χ2v) is 8.89. The molecule has 1 atom stereocenters. The lowest BCUT2D eigenvalue weighted by Crippen LogP contribution is -2.33. The molecule has 0 bridgehead atoms. The lowest BCUT2D eigenvalue weighted by Gasteiger charge is -2.26. The number of benzene rings is 2. The molecule has 7 heteroatoms. The summed E-state index contributed by atoms with van der Waals surface area (Å²) in [6, 6.07) is 13.3. The van der Waals surface area contributed by atoms with Crippen molar-refractivity contribution in [3.8, 4) is 11.5 Å². The van der Waals surface area contributed by atoms with Crippen molar-refractivity contribution in [2.24, 2.45) is 5.92 Å². The Morgan fingerprint density at radius 1 is 1.06 bits per heavy atom. The van der Waals surface area contributed by atoms with Gasteiger partial charge in [0.1, 0.15) is 17.3 Å². The van der Waals surface area contributed by atoms with Gasteiger partial charge in [-0.1, -0.05) is 44.2 Å². The number of amides is 1. The van der Waals surface area contributed by atoms with E-state index in [1.54, 1.807) is 36.4 Å². The zero-order valence-electron chi connectivity index (χ0n) is 20.4. The first kappa shape index (κ1) is 25.3. The van der Waals surface area contributed by atoms with Crippen molar-refractivity contribution in [3.63, 3.8) is 0 Å². The molecule has 1 N–H and O–H groups in total. The van der Waals surface area contributed by atoms with Crippen LogP contribution in [0.15, 0.2) is 54.1 Å². The smallest absolute Gasteiger partial charge is 0.295 e. The predicted octanol–water partition coefficient (Wildman–Crippen LogP) is 4.58. The van der Waals surface area contributed by atoms with Crippen LogP contribution in [0.3, 0.4) is 0 Å². The summed E-state index contributed by atoms with van der Waals surface area (Å²) in [6.07, 6.45) is -0.0184. The van der Waals surface area contributed by atoms with Gasteiger partial charge < -0.3 is 24.2 Å². The number of carbonyl (C=O) groups excluding carboxylic acids is 2. The molecule has 2 aromatic rings. The van der Waals surface area contributed by atoms with E-state index in [9.17, 15) is 14.7 Å². The molecule has 2 aromatic carbocycles. The Bertz CT molecular complexity index is 1060. The molecule has 7 nitrogen and oxygen atoms in total. The van der Waals surface area contributed by atoms with Crippen molar-refractivity contribution in [3.05, 3.63) is 65.2 Å². The number of likely N-dealkylation sites (tertiary alicyclic amines) is 1. The number of ketones is 1. The molecule has 0 aliphatic carbocycles. The van der Waals surface area contributed by atoms with Gasteiger partial charge in [-0.05, 0) is 38.0 Å². The molecule has 1 fully saturated rings. The molecule has 3 rings (SSSR count). The van der Waals surface area contributed by atoms with Crippen LogP contribution in [0, 0.1) is 5.92 Å². The largest absolute Gasteiger partial charge is 0.507 e. The van der Waals surface area contributed by atoms with E-state index < -0.39 is 17.7 Å². The molecule has 1 saturated heterocycles. The molecule has 34 heavy (non-hydrogen) atoms. The fourth-order valence-electron chi connectivity index (χ4n) is 3.86. The molecule has 0 aromatic heterocycles. The highest BCUT2D eigenvalue weighted by Gasteiger charge is 2.46. The van der Waals surface area contributed by atoms with Gasteiger partial charge in [-0.2, -0.15) is 0 Å². The summed E-state index contributed by atoms with van der Waals surface area (Å²) >= 11 is 0. The van der Waals surface area contributed by atoms with E-state index in [1.807, 2.05) is 39.8 Å². The SMILES string of the molecule is COc1ccccc1C1/C(=C(/O)c2cccc(OCC(C)C)c2)C(=O)C(=O)N1CCOC(C)C. The predicted molar refractivity (Wildman–Crippen MR) is 130 cm³/mol. The fraction of sp³-hybridized carbons (Fsp3) is 0.407. The van der Waals surface area contributed by atoms with Crippen molar-refractivity contribution in [2.75, 3.05) is 26.9 Å². The van der Waals surface area contributed by atoms with Crippen molar-refractivity contribution in [1.29, 1.82) is 0 Å². The van der Waals surface area contributed by atoms with Gasteiger partial charge in [0.25, 0.3) is 11.7 Å². The fourth-order valence-corrected chi connectivity index (χ4v) is 3.86. The lowest BCUT2D eigenvalue weighted by molar-refractivity contribution is -0.140. The number of rotatable bonds is 10. The van der Waals surface area contributed by atoms with E-state index in [0.29, 0.717) is 35.2 Å². The first-order valence-electron chi connectivity index (χ1n) is 11.5. The van der Waals surface area contributed by atoms with Crippen molar-refractivity contribution in [2.45, 2.75) is 39.8 Å². The molecule has 1 unspecified atom stereocenters. The molecule has 0 saturated carbocycles. The summed E-state index contributed by atoms with van der Waals surface area (Å²) in [7, 11) is 1.53. The summed E-state index contributed by atoms with van der Waals surface area (Å²) < 4.78 is 16.9. The number of Topliss-reactive ketones (excluding diaryl/α,β-unsaturated/α-hetero) is 1. The third-order valence-electron chi connectivity index (χ3n) is 5.45. The molecule has 1 aliphatic heterocycles. The van der Waals surface area contributed by atoms with E-state index in [1.165, 1.54) is 12.0 Å². The van der Waals surface area contributed by atoms with Gasteiger partial charge in [-0.25, -0.2) is 0 Å². The van der Waals surface area contributed by atoms with Gasteiger partial charge in [0.15, 0.2) is 0 Å². The van der Waals surface area contributed by atoms with Crippen molar-refractivity contribution < 1.29 is 28.9 Å². The Hall–Kier alpha value is -3.32. The number of aliphatic hydroxyl groups is 1. The highest BCUT2D eigenvalue weighted by atomic mass is 16.5.